The largest absolute Gasteiger partial charge is 0.325 e. The second-order valence-electron chi connectivity index (χ2n) is 6.01. The molecule has 21 heavy (non-hydrogen) atoms. The summed E-state index contributed by atoms with van der Waals surface area (Å²) in [5.74, 6) is 2.18. The minimum Gasteiger partial charge on any atom is -0.325 e. The second kappa shape index (κ2) is 6.41. The zero-order valence-electron chi connectivity index (χ0n) is 12.1. The summed E-state index contributed by atoms with van der Waals surface area (Å²) < 4.78 is 16.9. The van der Waals surface area contributed by atoms with Crippen LogP contribution in [-0.2, 0) is 6.42 Å². The fourth-order valence-electron chi connectivity index (χ4n) is 3.31. The first-order valence-electron chi connectivity index (χ1n) is 7.52. The number of aromatic nitrogens is 2. The number of nitrogens with zero attached hydrogens (tertiary/aromatic N) is 2. The van der Waals surface area contributed by atoms with Crippen molar-refractivity contribution in [2.45, 2.75) is 45.1 Å². The Kier molecular flexibility index (Phi) is 4.74. The molecule has 2 nitrogen and oxygen atoms in total. The van der Waals surface area contributed by atoms with Crippen molar-refractivity contribution in [1.29, 1.82) is 0 Å². The highest BCUT2D eigenvalue weighted by atomic mass is 127. The van der Waals surface area contributed by atoms with Gasteiger partial charge in [-0.2, -0.15) is 0 Å². The van der Waals surface area contributed by atoms with E-state index in [1.54, 1.807) is 6.07 Å². The maximum Gasteiger partial charge on any atom is 0.138 e. The van der Waals surface area contributed by atoms with Crippen molar-refractivity contribution >= 4 is 45.2 Å². The third kappa shape index (κ3) is 3.07. The number of alkyl halides is 1. The monoisotopic (exact) mass is 420 g/mol. The highest BCUT2D eigenvalue weighted by Crippen LogP contribution is 2.35. The average molecular weight is 421 g/mol. The standard InChI is InChI=1S/C16H19ClFIN2/c1-10-2-4-11(5-3-10)21-15-8-12(18)13(19)9-14(15)20-16(21)6-7-17/h8-11H,2-7H2,1H3. The molecule has 1 fully saturated rings. The van der Waals surface area contributed by atoms with E-state index < -0.39 is 0 Å². The Bertz CT molecular complexity index is 647. The molecule has 0 atom stereocenters. The molecule has 0 saturated heterocycles. The van der Waals surface area contributed by atoms with Crippen molar-refractivity contribution in [3.8, 4) is 0 Å². The van der Waals surface area contributed by atoms with Crippen molar-refractivity contribution in [2.24, 2.45) is 5.92 Å². The molecule has 0 aliphatic heterocycles. The Hall–Kier alpha value is -0.360. The van der Waals surface area contributed by atoms with E-state index in [4.69, 9.17) is 16.6 Å². The molecule has 1 aliphatic carbocycles. The van der Waals surface area contributed by atoms with Gasteiger partial charge >= 0.3 is 0 Å². The summed E-state index contributed by atoms with van der Waals surface area (Å²) in [4.78, 5) is 4.71. The summed E-state index contributed by atoms with van der Waals surface area (Å²) in [6, 6.07) is 3.91. The molecular formula is C16H19ClFIN2. The quantitative estimate of drug-likeness (QED) is 0.486. The van der Waals surface area contributed by atoms with Crippen LogP contribution in [0.25, 0.3) is 11.0 Å². The molecule has 0 spiro atoms. The smallest absolute Gasteiger partial charge is 0.138 e. The van der Waals surface area contributed by atoms with Gasteiger partial charge in [-0.05, 0) is 60.3 Å². The molecule has 0 unspecified atom stereocenters. The lowest BCUT2D eigenvalue weighted by Gasteiger charge is -2.29. The first-order chi connectivity index (χ1) is 10.1. The Balaban J connectivity index is 2.09. The van der Waals surface area contributed by atoms with Crippen LogP contribution in [0.15, 0.2) is 12.1 Å². The Labute approximate surface area is 143 Å². The van der Waals surface area contributed by atoms with Crippen molar-refractivity contribution in [3.05, 3.63) is 27.3 Å². The summed E-state index contributed by atoms with van der Waals surface area (Å²) in [6.07, 6.45) is 5.50. The van der Waals surface area contributed by atoms with E-state index in [0.717, 1.165) is 42.0 Å². The lowest BCUT2D eigenvalue weighted by molar-refractivity contribution is 0.289. The van der Waals surface area contributed by atoms with E-state index in [2.05, 4.69) is 11.5 Å². The topological polar surface area (TPSA) is 17.8 Å². The highest BCUT2D eigenvalue weighted by Gasteiger charge is 2.24. The molecule has 3 rings (SSSR count). The normalized spacial score (nSPS) is 22.9. The molecule has 1 aromatic heterocycles. The van der Waals surface area contributed by atoms with Gasteiger partial charge < -0.3 is 4.57 Å². The number of rotatable bonds is 3. The summed E-state index contributed by atoms with van der Waals surface area (Å²) >= 11 is 7.95. The van der Waals surface area contributed by atoms with E-state index >= 15 is 0 Å². The summed E-state index contributed by atoms with van der Waals surface area (Å²) in [6.45, 7) is 2.31. The molecule has 1 saturated carbocycles. The Morgan fingerprint density at radius 2 is 2.05 bits per heavy atom. The highest BCUT2D eigenvalue weighted by molar-refractivity contribution is 14.1. The molecular weight excluding hydrogens is 402 g/mol. The number of fused-ring (bicyclic) bond motifs is 1. The fourth-order valence-corrected chi connectivity index (χ4v) is 3.93. The average Bonchev–Trinajstić information content (AvgIpc) is 2.78. The van der Waals surface area contributed by atoms with Crippen LogP contribution in [0.3, 0.4) is 0 Å². The number of hydrogen-bond donors (Lipinski definition) is 0. The van der Waals surface area contributed by atoms with Crippen LogP contribution in [0.2, 0.25) is 0 Å². The molecule has 2 aromatic rings. The lowest BCUT2D eigenvalue weighted by Crippen LogP contribution is -2.19. The Morgan fingerprint density at radius 3 is 2.71 bits per heavy atom. The second-order valence-corrected chi connectivity index (χ2v) is 7.55. The van der Waals surface area contributed by atoms with E-state index in [1.165, 1.54) is 12.8 Å². The third-order valence-electron chi connectivity index (χ3n) is 4.47. The predicted octanol–water partition coefficient (Wildman–Crippen LogP) is 5.31. The molecule has 5 heteroatoms. The first-order valence-corrected chi connectivity index (χ1v) is 9.13. The molecule has 1 heterocycles. The van der Waals surface area contributed by atoms with Crippen LogP contribution in [0, 0.1) is 15.3 Å². The van der Waals surface area contributed by atoms with Crippen LogP contribution in [0.5, 0.6) is 0 Å². The van der Waals surface area contributed by atoms with Gasteiger partial charge in [0.2, 0.25) is 0 Å². The van der Waals surface area contributed by atoms with E-state index in [1.807, 2.05) is 28.7 Å². The number of hydrogen-bond acceptors (Lipinski definition) is 1. The van der Waals surface area contributed by atoms with Crippen molar-refractivity contribution in [1.82, 2.24) is 9.55 Å². The van der Waals surface area contributed by atoms with Gasteiger partial charge in [-0.25, -0.2) is 9.37 Å². The number of aryl methyl sites for hydroxylation is 1. The summed E-state index contributed by atoms with van der Waals surface area (Å²) in [5.41, 5.74) is 1.81. The third-order valence-corrected chi connectivity index (χ3v) is 5.49. The zero-order chi connectivity index (χ0) is 15.0. The van der Waals surface area contributed by atoms with Gasteiger partial charge in [0.25, 0.3) is 0 Å². The fraction of sp³-hybridized carbons (Fsp3) is 0.562. The van der Waals surface area contributed by atoms with Crippen LogP contribution in [0.1, 0.15) is 44.5 Å². The van der Waals surface area contributed by atoms with E-state index in [0.29, 0.717) is 15.5 Å². The number of halogens is 3. The maximum atomic E-state index is 14.0. The first kappa shape index (κ1) is 15.5. The van der Waals surface area contributed by atoms with Crippen LogP contribution in [-0.4, -0.2) is 15.4 Å². The lowest BCUT2D eigenvalue weighted by atomic mass is 9.87. The van der Waals surface area contributed by atoms with Crippen LogP contribution in [0.4, 0.5) is 4.39 Å². The molecule has 114 valence electrons. The van der Waals surface area contributed by atoms with Crippen LogP contribution >= 0.6 is 34.2 Å². The minimum atomic E-state index is -0.161. The molecule has 0 amide bonds. The Morgan fingerprint density at radius 1 is 1.33 bits per heavy atom. The van der Waals surface area contributed by atoms with Crippen LogP contribution < -0.4 is 0 Å². The van der Waals surface area contributed by atoms with Crippen molar-refractivity contribution in [2.75, 3.05) is 5.88 Å². The molecule has 0 bridgehead atoms. The van der Waals surface area contributed by atoms with Crippen molar-refractivity contribution in [3.63, 3.8) is 0 Å². The minimum absolute atomic E-state index is 0.161. The summed E-state index contributed by atoms with van der Waals surface area (Å²) in [5, 5.41) is 0. The van der Waals surface area contributed by atoms with Gasteiger partial charge in [-0.1, -0.05) is 6.92 Å². The van der Waals surface area contributed by atoms with Gasteiger partial charge in [-0.15, -0.1) is 11.6 Å². The van der Waals surface area contributed by atoms with E-state index in [9.17, 15) is 4.39 Å². The molecule has 1 aromatic carbocycles. The summed E-state index contributed by atoms with van der Waals surface area (Å²) in [7, 11) is 0. The van der Waals surface area contributed by atoms with Gasteiger partial charge in [0.05, 0.1) is 14.6 Å². The molecule has 0 N–H and O–H groups in total. The maximum absolute atomic E-state index is 14.0. The van der Waals surface area contributed by atoms with Gasteiger partial charge in [-0.3, -0.25) is 0 Å². The van der Waals surface area contributed by atoms with Gasteiger partial charge in [0.15, 0.2) is 0 Å². The van der Waals surface area contributed by atoms with Gasteiger partial charge in [0, 0.05) is 24.4 Å². The molecule has 0 radical (unpaired) electrons. The number of imidazole rings is 1. The molecule has 1 aliphatic rings. The SMILES string of the molecule is CC1CCC(n2c(CCCl)nc3cc(I)c(F)cc32)CC1. The van der Waals surface area contributed by atoms with Crippen molar-refractivity contribution < 1.29 is 4.39 Å². The predicted molar refractivity (Wildman–Crippen MR) is 93.5 cm³/mol. The van der Waals surface area contributed by atoms with Gasteiger partial charge in [0.1, 0.15) is 11.6 Å². The zero-order valence-corrected chi connectivity index (χ0v) is 15.0. The number of benzene rings is 1. The van der Waals surface area contributed by atoms with E-state index in [-0.39, 0.29) is 5.82 Å².